The first kappa shape index (κ1) is 20.1. The molecule has 0 unspecified atom stereocenters. The molecule has 1 spiro atoms. The molecular weight excluding hydrogens is 380 g/mol. The number of hydrogen-bond acceptors (Lipinski definition) is 6. The van der Waals surface area contributed by atoms with Gasteiger partial charge in [0.25, 0.3) is 5.56 Å². The Bertz CT molecular complexity index is 1080. The third kappa shape index (κ3) is 3.36. The highest BCUT2D eigenvalue weighted by Gasteiger charge is 2.44. The largest absolute Gasteiger partial charge is 0.361 e. The van der Waals surface area contributed by atoms with Crippen LogP contribution in [0.15, 0.2) is 29.3 Å². The van der Waals surface area contributed by atoms with Crippen LogP contribution in [0.5, 0.6) is 0 Å². The van der Waals surface area contributed by atoms with Crippen molar-refractivity contribution in [3.05, 3.63) is 46.1 Å². The van der Waals surface area contributed by atoms with E-state index in [9.17, 15) is 9.59 Å². The zero-order valence-corrected chi connectivity index (χ0v) is 17.9. The quantitative estimate of drug-likeness (QED) is 0.716. The molecule has 3 N–H and O–H groups in total. The van der Waals surface area contributed by atoms with Crippen molar-refractivity contribution in [2.45, 2.75) is 59.0 Å². The van der Waals surface area contributed by atoms with E-state index in [0.717, 1.165) is 42.6 Å². The van der Waals surface area contributed by atoms with E-state index >= 15 is 0 Å². The van der Waals surface area contributed by atoms with Gasteiger partial charge in [-0.1, -0.05) is 19.9 Å². The van der Waals surface area contributed by atoms with Crippen molar-refractivity contribution in [1.82, 2.24) is 19.9 Å². The van der Waals surface area contributed by atoms with Gasteiger partial charge in [0.15, 0.2) is 0 Å². The number of rotatable bonds is 4. The van der Waals surface area contributed by atoms with Crippen LogP contribution in [0.2, 0.25) is 0 Å². The summed E-state index contributed by atoms with van der Waals surface area (Å²) in [5.41, 5.74) is 3.03. The predicted octanol–water partition coefficient (Wildman–Crippen LogP) is 3.48. The van der Waals surface area contributed by atoms with Crippen molar-refractivity contribution in [1.29, 1.82) is 0 Å². The number of hydrogen-bond donors (Lipinski definition) is 3. The Labute approximate surface area is 175 Å². The van der Waals surface area contributed by atoms with E-state index < -0.39 is 0 Å². The summed E-state index contributed by atoms with van der Waals surface area (Å²) in [5, 5.41) is 9.52. The summed E-state index contributed by atoms with van der Waals surface area (Å²) in [5.74, 6) is 0.575. The Morgan fingerprint density at radius 1 is 1.23 bits per heavy atom. The molecule has 158 valence electrons. The van der Waals surface area contributed by atoms with Crippen LogP contribution in [0.3, 0.4) is 0 Å². The van der Waals surface area contributed by atoms with E-state index in [0.29, 0.717) is 17.3 Å². The fourth-order valence-electron chi connectivity index (χ4n) is 4.36. The Hall–Kier alpha value is -3.16. The highest BCUT2D eigenvalue weighted by atomic mass is 16.2. The SMILES string of the molecule is C/C=C1/NC2(CCCC2)n2c1c(C)cc(Nc1cc(NC(=O)C(C)C)ncn1)c2=O. The molecule has 0 bridgehead atoms. The molecule has 2 aliphatic rings. The average Bonchev–Trinajstić information content (AvgIpc) is 3.31. The molecule has 1 amide bonds. The standard InChI is InChI=1S/C22H28N6O2/c1-5-15-19-14(4)10-16(21(30)28(19)22(27-15)8-6-7-9-22)25-17-11-18(24-12-23-17)26-20(29)13(2)3/h5,10-13,27H,6-9H2,1-4H3,(H2,23,24,25,26,29)/b15-5+. The average molecular weight is 409 g/mol. The predicted molar refractivity (Wildman–Crippen MR) is 117 cm³/mol. The Balaban J connectivity index is 1.72. The van der Waals surface area contributed by atoms with E-state index in [-0.39, 0.29) is 23.0 Å². The number of allylic oxidation sites excluding steroid dienone is 1. The third-order valence-electron chi connectivity index (χ3n) is 5.87. The van der Waals surface area contributed by atoms with Gasteiger partial charge in [0.2, 0.25) is 5.91 Å². The van der Waals surface area contributed by atoms with Gasteiger partial charge in [0.05, 0.1) is 11.4 Å². The minimum absolute atomic E-state index is 0.0757. The van der Waals surface area contributed by atoms with Crippen molar-refractivity contribution < 1.29 is 4.79 Å². The lowest BCUT2D eigenvalue weighted by atomic mass is 10.1. The minimum atomic E-state index is -0.348. The van der Waals surface area contributed by atoms with Crippen molar-refractivity contribution in [2.24, 2.45) is 5.92 Å². The van der Waals surface area contributed by atoms with Crippen LogP contribution in [-0.2, 0) is 10.5 Å². The number of anilines is 3. The lowest BCUT2D eigenvalue weighted by Gasteiger charge is -2.27. The molecule has 1 saturated carbocycles. The number of aryl methyl sites for hydroxylation is 1. The second-order valence-electron chi connectivity index (χ2n) is 8.35. The number of aromatic nitrogens is 3. The maximum atomic E-state index is 13.5. The highest BCUT2D eigenvalue weighted by Crippen LogP contribution is 2.42. The van der Waals surface area contributed by atoms with E-state index in [2.05, 4.69) is 25.9 Å². The van der Waals surface area contributed by atoms with Crippen LogP contribution >= 0.6 is 0 Å². The summed E-state index contributed by atoms with van der Waals surface area (Å²) in [6, 6.07) is 3.50. The molecule has 2 aromatic heterocycles. The molecule has 0 saturated heterocycles. The van der Waals surface area contributed by atoms with Gasteiger partial charge >= 0.3 is 0 Å². The summed E-state index contributed by atoms with van der Waals surface area (Å²) in [6.45, 7) is 7.64. The third-order valence-corrected chi connectivity index (χ3v) is 5.87. The van der Waals surface area contributed by atoms with Gasteiger partial charge in [-0.25, -0.2) is 9.97 Å². The number of amides is 1. The molecule has 3 heterocycles. The van der Waals surface area contributed by atoms with E-state index in [1.807, 2.05) is 44.4 Å². The Morgan fingerprint density at radius 3 is 2.60 bits per heavy atom. The maximum absolute atomic E-state index is 13.5. The molecule has 0 atom stereocenters. The molecule has 4 rings (SSSR count). The fourth-order valence-corrected chi connectivity index (χ4v) is 4.36. The van der Waals surface area contributed by atoms with Gasteiger partial charge in [-0.3, -0.25) is 14.2 Å². The van der Waals surface area contributed by atoms with Crippen molar-refractivity contribution in [3.8, 4) is 0 Å². The van der Waals surface area contributed by atoms with Crippen LogP contribution in [0.1, 0.15) is 57.7 Å². The van der Waals surface area contributed by atoms with Crippen molar-refractivity contribution >= 4 is 28.9 Å². The molecule has 1 aliphatic heterocycles. The second-order valence-corrected chi connectivity index (χ2v) is 8.35. The summed E-state index contributed by atoms with van der Waals surface area (Å²) in [7, 11) is 0. The number of carbonyl (C=O) groups is 1. The van der Waals surface area contributed by atoms with Gasteiger partial charge in [-0.15, -0.1) is 0 Å². The van der Waals surface area contributed by atoms with Crippen LogP contribution in [0.25, 0.3) is 5.70 Å². The Kier molecular flexibility index (Phi) is 5.09. The zero-order chi connectivity index (χ0) is 21.5. The lowest BCUT2D eigenvalue weighted by Crippen LogP contribution is -2.44. The smallest absolute Gasteiger partial charge is 0.276 e. The normalized spacial score (nSPS) is 18.0. The second kappa shape index (κ2) is 7.59. The van der Waals surface area contributed by atoms with Crippen LogP contribution in [0.4, 0.5) is 17.3 Å². The molecule has 8 heteroatoms. The monoisotopic (exact) mass is 408 g/mol. The van der Waals surface area contributed by atoms with Gasteiger partial charge in [0, 0.05) is 12.0 Å². The molecule has 0 aromatic carbocycles. The highest BCUT2D eigenvalue weighted by molar-refractivity contribution is 5.91. The van der Waals surface area contributed by atoms with Crippen LogP contribution in [0, 0.1) is 12.8 Å². The number of carbonyl (C=O) groups excluding carboxylic acids is 1. The van der Waals surface area contributed by atoms with Gasteiger partial charge in [-0.05, 0) is 51.2 Å². The first-order valence-electron chi connectivity index (χ1n) is 10.5. The van der Waals surface area contributed by atoms with Crippen LogP contribution in [-0.4, -0.2) is 20.4 Å². The van der Waals surface area contributed by atoms with E-state index in [4.69, 9.17) is 0 Å². The van der Waals surface area contributed by atoms with E-state index in [1.54, 1.807) is 6.07 Å². The summed E-state index contributed by atoms with van der Waals surface area (Å²) in [4.78, 5) is 33.8. The number of pyridine rings is 1. The summed E-state index contributed by atoms with van der Waals surface area (Å²) < 4.78 is 1.93. The molecule has 30 heavy (non-hydrogen) atoms. The molecular formula is C22H28N6O2. The van der Waals surface area contributed by atoms with Gasteiger partial charge in [0.1, 0.15) is 29.3 Å². The zero-order valence-electron chi connectivity index (χ0n) is 17.9. The summed E-state index contributed by atoms with van der Waals surface area (Å²) in [6.07, 6.45) is 7.45. The molecule has 1 aliphatic carbocycles. The fraction of sp³-hybridized carbons (Fsp3) is 0.455. The first-order chi connectivity index (χ1) is 14.3. The molecule has 1 fully saturated rings. The first-order valence-corrected chi connectivity index (χ1v) is 10.5. The molecule has 0 radical (unpaired) electrons. The van der Waals surface area contributed by atoms with Crippen LogP contribution < -0.4 is 21.5 Å². The minimum Gasteiger partial charge on any atom is -0.361 e. The molecule has 2 aromatic rings. The number of nitrogens with zero attached hydrogens (tertiary/aromatic N) is 3. The number of fused-ring (bicyclic) bond motifs is 2. The topological polar surface area (TPSA) is 101 Å². The number of nitrogens with one attached hydrogen (secondary N) is 3. The lowest BCUT2D eigenvalue weighted by molar-refractivity contribution is -0.118. The Morgan fingerprint density at radius 2 is 1.93 bits per heavy atom. The summed E-state index contributed by atoms with van der Waals surface area (Å²) >= 11 is 0. The van der Waals surface area contributed by atoms with E-state index in [1.165, 1.54) is 6.33 Å². The van der Waals surface area contributed by atoms with Gasteiger partial charge in [-0.2, -0.15) is 0 Å². The van der Waals surface area contributed by atoms with Crippen molar-refractivity contribution in [3.63, 3.8) is 0 Å². The molecule has 8 nitrogen and oxygen atoms in total. The maximum Gasteiger partial charge on any atom is 0.276 e. The van der Waals surface area contributed by atoms with Gasteiger partial charge < -0.3 is 16.0 Å². The van der Waals surface area contributed by atoms with Crippen molar-refractivity contribution in [2.75, 3.05) is 10.6 Å².